The van der Waals surface area contributed by atoms with Gasteiger partial charge in [-0.25, -0.2) is 4.98 Å². The van der Waals surface area contributed by atoms with Crippen LogP contribution in [0.5, 0.6) is 5.75 Å². The molecule has 2 N–H and O–H groups in total. The van der Waals surface area contributed by atoms with Crippen molar-refractivity contribution in [3.63, 3.8) is 0 Å². The number of carbonyl (C=O) groups excluding carboxylic acids is 2. The summed E-state index contributed by atoms with van der Waals surface area (Å²) in [5.74, 6) is -0.0355. The zero-order valence-corrected chi connectivity index (χ0v) is 24.8. The molecule has 3 heterocycles. The second kappa shape index (κ2) is 13.1. The van der Waals surface area contributed by atoms with Gasteiger partial charge in [0.25, 0.3) is 17.4 Å². The number of anilines is 1. The summed E-state index contributed by atoms with van der Waals surface area (Å²) in [7, 11) is 1.53. The summed E-state index contributed by atoms with van der Waals surface area (Å²) >= 11 is 6.22. The Hall–Kier alpha value is -3.05. The number of aliphatic hydroxyl groups is 1. The summed E-state index contributed by atoms with van der Waals surface area (Å²) < 4.78 is 48.3. The summed E-state index contributed by atoms with van der Waals surface area (Å²) in [5.41, 5.74) is -3.88. The Labute approximate surface area is 249 Å². The number of halogens is 4. The lowest BCUT2D eigenvalue weighted by molar-refractivity contribution is -0.262. The van der Waals surface area contributed by atoms with Gasteiger partial charge >= 0.3 is 6.18 Å². The molecule has 2 aliphatic rings. The van der Waals surface area contributed by atoms with Crippen LogP contribution in [0.25, 0.3) is 0 Å². The number of alkyl halides is 3. The van der Waals surface area contributed by atoms with Gasteiger partial charge in [0.2, 0.25) is 0 Å². The van der Waals surface area contributed by atoms with E-state index in [1.165, 1.54) is 19.2 Å². The molecule has 2 amide bonds. The lowest BCUT2D eigenvalue weighted by atomic mass is 9.82. The van der Waals surface area contributed by atoms with E-state index in [9.17, 15) is 27.9 Å². The molecule has 12 heteroatoms. The average molecular weight is 611 g/mol. The molecule has 0 bridgehead atoms. The third-order valence-corrected chi connectivity index (χ3v) is 8.44. The molecule has 0 saturated carbocycles. The maximum atomic E-state index is 14.3. The number of rotatable bonds is 8. The zero-order chi connectivity index (χ0) is 30.7. The average Bonchev–Trinajstić information content (AvgIpc) is 2.96. The second-order valence-corrected chi connectivity index (χ2v) is 11.7. The predicted octanol–water partition coefficient (Wildman–Crippen LogP) is 5.18. The molecular weight excluding hydrogens is 573 g/mol. The monoisotopic (exact) mass is 610 g/mol. The van der Waals surface area contributed by atoms with E-state index in [1.807, 2.05) is 0 Å². The number of hydrogen-bond acceptors (Lipinski definition) is 6. The third-order valence-electron chi connectivity index (χ3n) is 8.16. The van der Waals surface area contributed by atoms with Crippen molar-refractivity contribution in [1.82, 2.24) is 15.2 Å². The predicted molar refractivity (Wildman–Crippen MR) is 154 cm³/mol. The summed E-state index contributed by atoms with van der Waals surface area (Å²) in [6, 6.07) is 8.50. The van der Waals surface area contributed by atoms with Crippen LogP contribution in [0.2, 0.25) is 5.15 Å². The summed E-state index contributed by atoms with van der Waals surface area (Å²) in [6.45, 7) is 5.35. The molecular formula is C30H38ClF3N4O4. The smallest absolute Gasteiger partial charge is 0.430 e. The number of ether oxygens (including phenoxy) is 1. The van der Waals surface area contributed by atoms with Crippen LogP contribution in [0, 0.1) is 11.8 Å². The molecule has 8 nitrogen and oxygen atoms in total. The van der Waals surface area contributed by atoms with E-state index in [0.29, 0.717) is 24.3 Å². The number of nitrogens with zero attached hydrogens (tertiary/aromatic N) is 3. The van der Waals surface area contributed by atoms with Gasteiger partial charge in [0, 0.05) is 38.8 Å². The number of carbonyl (C=O) groups is 2. The van der Waals surface area contributed by atoms with Crippen LogP contribution in [0.3, 0.4) is 0 Å². The highest BCUT2D eigenvalue weighted by atomic mass is 35.5. The van der Waals surface area contributed by atoms with Gasteiger partial charge < -0.3 is 25.0 Å². The summed E-state index contributed by atoms with van der Waals surface area (Å²) in [4.78, 5) is 32.8. The Morgan fingerprint density at radius 3 is 2.24 bits per heavy atom. The second-order valence-electron chi connectivity index (χ2n) is 11.4. The molecule has 1 atom stereocenters. The highest BCUT2D eigenvalue weighted by molar-refractivity contribution is 6.32. The largest absolute Gasteiger partial charge is 0.491 e. The highest BCUT2D eigenvalue weighted by Gasteiger charge is 2.62. The van der Waals surface area contributed by atoms with Crippen molar-refractivity contribution in [2.75, 3.05) is 38.1 Å². The molecule has 2 aromatic rings. The standard InChI is InChI=1S/C30H38ClF3N4O4/c1-19(2)42-23-6-4-5-22(18-23)29(41,30(32,33)34)28(40)38-15-11-21(12-16-38)17-20-9-13-37(14-10-20)25-8-7-24(26(31)36-25)27(39)35-3/h4-8,18-21,41H,9-17H2,1-3H3,(H,35,39). The van der Waals surface area contributed by atoms with E-state index in [4.69, 9.17) is 16.3 Å². The first kappa shape index (κ1) is 31.9. The van der Waals surface area contributed by atoms with Crippen molar-refractivity contribution >= 4 is 29.2 Å². The Morgan fingerprint density at radius 2 is 1.69 bits per heavy atom. The van der Waals surface area contributed by atoms with Gasteiger partial charge in [-0.15, -0.1) is 0 Å². The van der Waals surface area contributed by atoms with Crippen molar-refractivity contribution in [2.24, 2.45) is 11.8 Å². The quantitative estimate of drug-likeness (QED) is 0.400. The van der Waals surface area contributed by atoms with Gasteiger partial charge in [0.05, 0.1) is 11.7 Å². The maximum Gasteiger partial charge on any atom is 0.430 e. The molecule has 2 fully saturated rings. The molecule has 230 valence electrons. The minimum absolute atomic E-state index is 0.155. The first-order valence-corrected chi connectivity index (χ1v) is 14.7. The van der Waals surface area contributed by atoms with Gasteiger partial charge in [-0.3, -0.25) is 9.59 Å². The fourth-order valence-electron chi connectivity index (χ4n) is 5.85. The van der Waals surface area contributed by atoms with Crippen LogP contribution in [0.1, 0.15) is 61.9 Å². The van der Waals surface area contributed by atoms with Gasteiger partial charge in [-0.1, -0.05) is 23.7 Å². The van der Waals surface area contributed by atoms with Crippen LogP contribution < -0.4 is 15.0 Å². The number of pyridine rings is 1. The zero-order valence-electron chi connectivity index (χ0n) is 24.1. The minimum Gasteiger partial charge on any atom is -0.491 e. The molecule has 1 aromatic heterocycles. The third kappa shape index (κ3) is 6.94. The van der Waals surface area contributed by atoms with Gasteiger partial charge in [-0.2, -0.15) is 13.2 Å². The molecule has 4 rings (SSSR count). The lowest BCUT2D eigenvalue weighted by Crippen LogP contribution is -2.57. The molecule has 0 spiro atoms. The molecule has 1 unspecified atom stereocenters. The van der Waals surface area contributed by atoms with Crippen LogP contribution >= 0.6 is 11.6 Å². The van der Waals surface area contributed by atoms with E-state index in [1.54, 1.807) is 26.0 Å². The van der Waals surface area contributed by atoms with E-state index < -0.39 is 23.2 Å². The van der Waals surface area contributed by atoms with Crippen LogP contribution in [-0.4, -0.2) is 72.3 Å². The number of amides is 2. The molecule has 1 aromatic carbocycles. The molecule has 0 radical (unpaired) electrons. The van der Waals surface area contributed by atoms with Crippen molar-refractivity contribution in [1.29, 1.82) is 0 Å². The van der Waals surface area contributed by atoms with E-state index in [-0.39, 0.29) is 41.9 Å². The summed E-state index contributed by atoms with van der Waals surface area (Å²) in [5, 5.41) is 13.6. The topological polar surface area (TPSA) is 95.0 Å². The van der Waals surface area contributed by atoms with E-state index in [2.05, 4.69) is 15.2 Å². The first-order valence-electron chi connectivity index (χ1n) is 14.3. The number of aromatic nitrogens is 1. The first-order chi connectivity index (χ1) is 19.8. The Balaban J connectivity index is 1.32. The van der Waals surface area contributed by atoms with Crippen molar-refractivity contribution in [3.8, 4) is 5.75 Å². The highest BCUT2D eigenvalue weighted by Crippen LogP contribution is 2.42. The fourth-order valence-corrected chi connectivity index (χ4v) is 6.09. The van der Waals surface area contributed by atoms with Gasteiger partial charge in [0.1, 0.15) is 16.7 Å². The van der Waals surface area contributed by atoms with Crippen LogP contribution in [-0.2, 0) is 10.4 Å². The molecule has 2 aliphatic heterocycles. The fraction of sp³-hybridized carbons (Fsp3) is 0.567. The normalized spacial score (nSPS) is 18.6. The SMILES string of the molecule is CNC(=O)c1ccc(N2CCC(CC3CCN(C(=O)C(O)(c4cccc(OC(C)C)c4)C(F)(F)F)CC3)CC2)nc1Cl. The Morgan fingerprint density at radius 1 is 1.07 bits per heavy atom. The minimum atomic E-state index is -5.20. The van der Waals surface area contributed by atoms with E-state index >= 15 is 0 Å². The number of piperidine rings is 2. The maximum absolute atomic E-state index is 14.3. The van der Waals surface area contributed by atoms with Gasteiger partial charge in [-0.05, 0) is 82.1 Å². The van der Waals surface area contributed by atoms with Crippen LogP contribution in [0.4, 0.5) is 19.0 Å². The molecule has 42 heavy (non-hydrogen) atoms. The Kier molecular flexibility index (Phi) is 9.92. The lowest BCUT2D eigenvalue weighted by Gasteiger charge is -2.40. The Bertz CT molecular complexity index is 1260. The van der Waals surface area contributed by atoms with Crippen molar-refractivity contribution < 1.29 is 32.6 Å². The van der Waals surface area contributed by atoms with Crippen molar-refractivity contribution in [3.05, 3.63) is 52.7 Å². The summed E-state index contributed by atoms with van der Waals surface area (Å²) in [6.07, 6.45) is -1.54. The molecule has 0 aliphatic carbocycles. The van der Waals surface area contributed by atoms with Gasteiger partial charge in [0.15, 0.2) is 0 Å². The number of nitrogens with one attached hydrogen (secondary N) is 1. The molecule has 2 saturated heterocycles. The van der Waals surface area contributed by atoms with Crippen molar-refractivity contribution in [2.45, 2.75) is 63.8 Å². The van der Waals surface area contributed by atoms with E-state index in [0.717, 1.165) is 55.2 Å². The number of likely N-dealkylation sites (tertiary alicyclic amines) is 1. The van der Waals surface area contributed by atoms with Crippen LogP contribution in [0.15, 0.2) is 36.4 Å². The number of benzene rings is 1. The number of hydrogen-bond donors (Lipinski definition) is 2.